The zero-order valence-electron chi connectivity index (χ0n) is 21.8. The lowest BCUT2D eigenvalue weighted by atomic mass is 9.87. The molecule has 196 valence electrons. The van der Waals surface area contributed by atoms with Crippen molar-refractivity contribution in [3.8, 4) is 22.6 Å². The molecule has 0 saturated carbocycles. The Morgan fingerprint density at radius 2 is 1.95 bits per heavy atom. The molecule has 0 bridgehead atoms. The van der Waals surface area contributed by atoms with Gasteiger partial charge in [-0.25, -0.2) is 4.39 Å². The second-order valence-corrected chi connectivity index (χ2v) is 10.6. The van der Waals surface area contributed by atoms with E-state index in [4.69, 9.17) is 14.6 Å². The third-order valence-corrected chi connectivity index (χ3v) is 8.08. The van der Waals surface area contributed by atoms with E-state index in [-0.39, 0.29) is 24.3 Å². The van der Waals surface area contributed by atoms with Crippen LogP contribution in [0.4, 0.5) is 4.39 Å². The molecule has 0 radical (unpaired) electrons. The van der Waals surface area contributed by atoms with Crippen LogP contribution in [-0.4, -0.2) is 30.8 Å². The molecule has 0 aromatic heterocycles. The van der Waals surface area contributed by atoms with Gasteiger partial charge in [0.2, 0.25) is 0 Å². The normalized spacial score (nSPS) is 19.9. The van der Waals surface area contributed by atoms with Crippen molar-refractivity contribution in [3.05, 3.63) is 87.7 Å². The van der Waals surface area contributed by atoms with Gasteiger partial charge in [-0.05, 0) is 90.7 Å². The molecule has 0 unspecified atom stereocenters. The summed E-state index contributed by atoms with van der Waals surface area (Å²) in [4.78, 5) is 11.2. The number of nitrogens with one attached hydrogen (secondary N) is 1. The summed E-state index contributed by atoms with van der Waals surface area (Å²) in [5, 5.41) is 12.5. The highest BCUT2D eigenvalue weighted by atomic mass is 19.1. The first kappa shape index (κ1) is 24.7. The smallest absolute Gasteiger partial charge is 0.304 e. The van der Waals surface area contributed by atoms with Crippen molar-refractivity contribution in [3.63, 3.8) is 0 Å². The molecule has 5 nitrogen and oxygen atoms in total. The minimum Gasteiger partial charge on any atom is -0.492 e. The Morgan fingerprint density at radius 3 is 2.68 bits per heavy atom. The van der Waals surface area contributed by atoms with Crippen LogP contribution in [-0.2, 0) is 11.2 Å². The standard InChI is InChI=1S/C32H32FNO4/c1-18-13-21(20-9-11-34-12-10-20)14-19(2)31(18)25-5-7-27(33)32-26(25)6-8-28(32)38-23-3-4-24-22(15-30(35)36)17-37-29(24)16-23/h3-5,7,9,13-14,16,22,28,34H,6,8,10-12,15,17H2,1-2H3,(H,35,36)/t22-,28-/m1/s1. The second-order valence-electron chi connectivity index (χ2n) is 10.6. The number of halogens is 1. The molecule has 3 aromatic rings. The first-order valence-corrected chi connectivity index (χ1v) is 13.4. The van der Waals surface area contributed by atoms with E-state index in [1.165, 1.54) is 27.8 Å². The van der Waals surface area contributed by atoms with Crippen LogP contribution in [0.25, 0.3) is 16.7 Å². The van der Waals surface area contributed by atoms with E-state index in [1.54, 1.807) is 12.1 Å². The number of carboxylic acid groups (broad SMARTS) is 1. The minimum atomic E-state index is -0.843. The lowest BCUT2D eigenvalue weighted by Crippen LogP contribution is -2.20. The Labute approximate surface area is 222 Å². The van der Waals surface area contributed by atoms with E-state index in [2.05, 4.69) is 37.4 Å². The average molecular weight is 514 g/mol. The van der Waals surface area contributed by atoms with Crippen LogP contribution in [0.3, 0.4) is 0 Å². The lowest BCUT2D eigenvalue weighted by Gasteiger charge is -2.20. The first-order valence-electron chi connectivity index (χ1n) is 13.4. The fraction of sp³-hybridized carbons (Fsp3) is 0.344. The topological polar surface area (TPSA) is 67.8 Å². The van der Waals surface area contributed by atoms with Gasteiger partial charge in [0.1, 0.15) is 23.4 Å². The Bertz CT molecular complexity index is 1440. The maximum Gasteiger partial charge on any atom is 0.304 e. The molecule has 2 atom stereocenters. The molecule has 0 saturated heterocycles. The van der Waals surface area contributed by atoms with Crippen LogP contribution in [0.2, 0.25) is 0 Å². The molecule has 38 heavy (non-hydrogen) atoms. The molecule has 2 aliphatic heterocycles. The SMILES string of the molecule is Cc1cc(C2=CCNCC2)cc(C)c1-c1ccc(F)c2c1CC[C@H]2Oc1ccc2c(c1)OC[C@H]2CC(=O)O. The summed E-state index contributed by atoms with van der Waals surface area (Å²) >= 11 is 0. The molecule has 6 heteroatoms. The van der Waals surface area contributed by atoms with Crippen molar-refractivity contribution >= 4 is 11.5 Å². The van der Waals surface area contributed by atoms with E-state index in [1.807, 2.05) is 18.2 Å². The Morgan fingerprint density at radius 1 is 1.13 bits per heavy atom. The van der Waals surface area contributed by atoms with E-state index in [0.29, 0.717) is 30.1 Å². The number of aryl methyl sites for hydroxylation is 2. The third kappa shape index (κ3) is 4.47. The predicted molar refractivity (Wildman–Crippen MR) is 145 cm³/mol. The van der Waals surface area contributed by atoms with Crippen LogP contribution in [0, 0.1) is 19.7 Å². The van der Waals surface area contributed by atoms with Crippen LogP contribution < -0.4 is 14.8 Å². The number of fused-ring (bicyclic) bond motifs is 2. The van der Waals surface area contributed by atoms with E-state index in [9.17, 15) is 4.79 Å². The number of carboxylic acids is 1. The van der Waals surface area contributed by atoms with Crippen molar-refractivity contribution in [2.75, 3.05) is 19.7 Å². The van der Waals surface area contributed by atoms with E-state index < -0.39 is 5.97 Å². The summed E-state index contributed by atoms with van der Waals surface area (Å²) in [6, 6.07) is 13.5. The summed E-state index contributed by atoms with van der Waals surface area (Å²) in [5.74, 6) is 0.0134. The third-order valence-electron chi connectivity index (χ3n) is 8.08. The van der Waals surface area contributed by atoms with Crippen LogP contribution in [0.15, 0.2) is 48.5 Å². The molecule has 0 spiro atoms. The van der Waals surface area contributed by atoms with Crippen molar-refractivity contribution < 1.29 is 23.8 Å². The van der Waals surface area contributed by atoms with Gasteiger partial charge in [0.15, 0.2) is 0 Å². The fourth-order valence-electron chi connectivity index (χ4n) is 6.36. The summed E-state index contributed by atoms with van der Waals surface area (Å²) in [6.07, 6.45) is 4.37. The van der Waals surface area contributed by atoms with Gasteiger partial charge in [-0.3, -0.25) is 4.79 Å². The van der Waals surface area contributed by atoms with Gasteiger partial charge in [0.05, 0.1) is 13.0 Å². The number of ether oxygens (including phenoxy) is 2. The maximum atomic E-state index is 15.3. The summed E-state index contributed by atoms with van der Waals surface area (Å²) < 4.78 is 27.3. The molecule has 2 heterocycles. The molecule has 1 aliphatic carbocycles. The molecule has 0 fully saturated rings. The highest BCUT2D eigenvalue weighted by Gasteiger charge is 2.32. The zero-order chi connectivity index (χ0) is 26.4. The largest absolute Gasteiger partial charge is 0.492 e. The van der Waals surface area contributed by atoms with Crippen molar-refractivity contribution in [2.24, 2.45) is 0 Å². The molecule has 2 N–H and O–H groups in total. The molecular weight excluding hydrogens is 481 g/mol. The number of carbonyl (C=O) groups is 1. The maximum absolute atomic E-state index is 15.3. The number of hydrogen-bond donors (Lipinski definition) is 2. The van der Waals surface area contributed by atoms with Gasteiger partial charge in [-0.1, -0.05) is 30.3 Å². The van der Waals surface area contributed by atoms with Gasteiger partial charge < -0.3 is 19.9 Å². The number of hydrogen-bond acceptors (Lipinski definition) is 4. The van der Waals surface area contributed by atoms with Gasteiger partial charge in [-0.2, -0.15) is 0 Å². The molecule has 3 aliphatic rings. The number of rotatable bonds is 6. The fourth-order valence-corrected chi connectivity index (χ4v) is 6.36. The van der Waals surface area contributed by atoms with Gasteiger partial charge in [0.25, 0.3) is 0 Å². The van der Waals surface area contributed by atoms with Gasteiger partial charge >= 0.3 is 5.97 Å². The number of benzene rings is 3. The second kappa shape index (κ2) is 9.91. The molecule has 6 rings (SSSR count). The van der Waals surface area contributed by atoms with Crippen LogP contribution >= 0.6 is 0 Å². The van der Waals surface area contributed by atoms with Crippen molar-refractivity contribution in [1.82, 2.24) is 5.32 Å². The monoisotopic (exact) mass is 513 g/mol. The highest BCUT2D eigenvalue weighted by Crippen LogP contribution is 2.45. The average Bonchev–Trinajstić information content (AvgIpc) is 3.50. The Balaban J connectivity index is 1.30. The van der Waals surface area contributed by atoms with Crippen LogP contribution in [0.1, 0.15) is 64.7 Å². The van der Waals surface area contributed by atoms with Gasteiger partial charge in [-0.15, -0.1) is 0 Å². The minimum absolute atomic E-state index is 0.0335. The number of aliphatic carboxylic acids is 1. The summed E-state index contributed by atoms with van der Waals surface area (Å²) in [7, 11) is 0. The van der Waals surface area contributed by atoms with E-state index >= 15 is 4.39 Å². The first-order chi connectivity index (χ1) is 18.4. The van der Waals surface area contributed by atoms with Crippen LogP contribution in [0.5, 0.6) is 11.5 Å². The summed E-state index contributed by atoms with van der Waals surface area (Å²) in [6.45, 7) is 6.54. The Hall–Kier alpha value is -3.64. The van der Waals surface area contributed by atoms with Gasteiger partial charge in [0, 0.05) is 29.7 Å². The lowest BCUT2D eigenvalue weighted by molar-refractivity contribution is -0.137. The summed E-state index contributed by atoms with van der Waals surface area (Å²) in [5.41, 5.74) is 9.85. The molecule has 3 aromatic carbocycles. The van der Waals surface area contributed by atoms with Crippen molar-refractivity contribution in [2.45, 2.75) is 51.6 Å². The zero-order valence-corrected chi connectivity index (χ0v) is 21.8. The highest BCUT2D eigenvalue weighted by molar-refractivity contribution is 5.79. The molecular formula is C32H32FNO4. The van der Waals surface area contributed by atoms with Crippen molar-refractivity contribution in [1.29, 1.82) is 0 Å². The Kier molecular flexibility index (Phi) is 6.44. The quantitative estimate of drug-likeness (QED) is 0.394. The van der Waals surface area contributed by atoms with E-state index in [0.717, 1.165) is 42.6 Å². The predicted octanol–water partition coefficient (Wildman–Crippen LogP) is 6.50. The molecule has 0 amide bonds.